The summed E-state index contributed by atoms with van der Waals surface area (Å²) >= 11 is 0. The molecule has 0 bridgehead atoms. The molecule has 21 heavy (non-hydrogen) atoms. The van der Waals surface area contributed by atoms with Gasteiger partial charge in [0.25, 0.3) is 15.7 Å². The van der Waals surface area contributed by atoms with E-state index < -0.39 is 14.9 Å². The molecule has 0 unspecified atom stereocenters. The molecule has 0 aliphatic rings. The molecular weight excluding hydrogens is 296 g/mol. The zero-order valence-corrected chi connectivity index (χ0v) is 11.8. The number of benzene rings is 1. The van der Waals surface area contributed by atoms with Gasteiger partial charge in [0.1, 0.15) is 11.5 Å². The van der Waals surface area contributed by atoms with Crippen molar-refractivity contribution >= 4 is 27.2 Å². The molecule has 2 N–H and O–H groups in total. The van der Waals surface area contributed by atoms with Crippen LogP contribution in [0.4, 0.5) is 17.2 Å². The Morgan fingerprint density at radius 2 is 2.00 bits per heavy atom. The molecule has 2 rings (SSSR count). The minimum absolute atomic E-state index is 0.137. The van der Waals surface area contributed by atoms with Crippen molar-refractivity contribution in [2.75, 3.05) is 17.1 Å². The third-order valence-corrected chi connectivity index (χ3v) is 4.00. The number of rotatable bonds is 5. The summed E-state index contributed by atoms with van der Waals surface area (Å²) in [5.74, 6) is 0.137. The van der Waals surface area contributed by atoms with Gasteiger partial charge in [0.2, 0.25) is 0 Å². The predicted octanol–water partition coefficient (Wildman–Crippen LogP) is 1.83. The van der Waals surface area contributed by atoms with Crippen LogP contribution in [0.5, 0.6) is 0 Å². The third-order valence-electron chi connectivity index (χ3n) is 2.65. The highest BCUT2D eigenvalue weighted by Gasteiger charge is 2.21. The molecule has 0 atom stereocenters. The zero-order valence-electron chi connectivity index (χ0n) is 11.0. The van der Waals surface area contributed by atoms with Crippen LogP contribution in [0.25, 0.3) is 0 Å². The molecule has 110 valence electrons. The topological polar surface area (TPSA) is 114 Å². The Balaban J connectivity index is 2.41. The normalized spacial score (nSPS) is 10.9. The minimum Gasteiger partial charge on any atom is -0.383 e. The van der Waals surface area contributed by atoms with Gasteiger partial charge in [-0.25, -0.2) is 13.4 Å². The Bertz CT molecular complexity index is 762. The van der Waals surface area contributed by atoms with Gasteiger partial charge in [-0.2, -0.15) is 0 Å². The van der Waals surface area contributed by atoms with E-state index in [1.165, 1.54) is 31.4 Å². The van der Waals surface area contributed by atoms with Gasteiger partial charge in [0.15, 0.2) is 0 Å². The van der Waals surface area contributed by atoms with Crippen LogP contribution in [0.1, 0.15) is 0 Å². The smallest absolute Gasteiger partial charge is 0.293 e. The summed E-state index contributed by atoms with van der Waals surface area (Å²) in [5.41, 5.74) is -0.0850. The molecule has 2 aromatic rings. The van der Waals surface area contributed by atoms with Crippen LogP contribution < -0.4 is 10.0 Å². The average molecular weight is 308 g/mol. The van der Waals surface area contributed by atoms with Crippen molar-refractivity contribution in [3.05, 3.63) is 52.7 Å². The highest BCUT2D eigenvalue weighted by molar-refractivity contribution is 7.92. The summed E-state index contributed by atoms with van der Waals surface area (Å²) in [6.45, 7) is 0. The Labute approximate surface area is 121 Å². The maximum absolute atomic E-state index is 12.2. The first-order chi connectivity index (χ1) is 9.94. The third kappa shape index (κ3) is 3.26. The number of nitrogens with zero attached hydrogens (tertiary/aromatic N) is 2. The lowest BCUT2D eigenvalue weighted by Gasteiger charge is -2.08. The lowest BCUT2D eigenvalue weighted by molar-refractivity contribution is -0.384. The zero-order chi connectivity index (χ0) is 15.5. The van der Waals surface area contributed by atoms with Gasteiger partial charge >= 0.3 is 0 Å². The molecule has 8 nitrogen and oxygen atoms in total. The number of pyridine rings is 1. The van der Waals surface area contributed by atoms with Crippen LogP contribution in [0.2, 0.25) is 0 Å². The van der Waals surface area contributed by atoms with Gasteiger partial charge in [-0.3, -0.25) is 14.8 Å². The van der Waals surface area contributed by atoms with Gasteiger partial charge in [-0.1, -0.05) is 6.07 Å². The van der Waals surface area contributed by atoms with Crippen molar-refractivity contribution in [3.8, 4) is 0 Å². The van der Waals surface area contributed by atoms with E-state index in [9.17, 15) is 18.5 Å². The molecule has 0 aliphatic carbocycles. The first-order valence-corrected chi connectivity index (χ1v) is 7.32. The lowest BCUT2D eigenvalue weighted by atomic mass is 10.3. The number of aromatic nitrogens is 1. The van der Waals surface area contributed by atoms with E-state index >= 15 is 0 Å². The minimum atomic E-state index is -3.94. The molecule has 1 heterocycles. The number of nitrogens with one attached hydrogen (secondary N) is 2. The Hall–Kier alpha value is -2.68. The molecule has 0 radical (unpaired) electrons. The average Bonchev–Trinajstić information content (AvgIpc) is 2.47. The number of sulfonamides is 1. The maximum Gasteiger partial charge on any atom is 0.293 e. The number of nitro groups is 1. The fraction of sp³-hybridized carbons (Fsp3) is 0.0833. The number of hydrogen-bond acceptors (Lipinski definition) is 6. The second-order valence-corrected chi connectivity index (χ2v) is 5.69. The highest BCUT2D eigenvalue weighted by Crippen LogP contribution is 2.27. The summed E-state index contributed by atoms with van der Waals surface area (Å²) in [4.78, 5) is 13.9. The Morgan fingerprint density at radius 3 is 2.57 bits per heavy atom. The molecule has 0 spiro atoms. The first-order valence-electron chi connectivity index (χ1n) is 5.84. The summed E-state index contributed by atoms with van der Waals surface area (Å²) in [6.07, 6.45) is 1.43. The van der Waals surface area contributed by atoms with Gasteiger partial charge in [-0.05, 0) is 24.3 Å². The monoisotopic (exact) mass is 308 g/mol. The quantitative estimate of drug-likeness (QED) is 0.643. The van der Waals surface area contributed by atoms with E-state index in [1.54, 1.807) is 12.1 Å². The van der Waals surface area contributed by atoms with Crippen molar-refractivity contribution in [3.63, 3.8) is 0 Å². The fourth-order valence-corrected chi connectivity index (χ4v) is 2.69. The number of anilines is 2. The van der Waals surface area contributed by atoms with Gasteiger partial charge < -0.3 is 5.32 Å². The number of nitro benzene ring substituents is 1. The van der Waals surface area contributed by atoms with E-state index in [4.69, 9.17) is 0 Å². The predicted molar refractivity (Wildman–Crippen MR) is 77.7 cm³/mol. The molecular formula is C12H12N4O4S. The summed E-state index contributed by atoms with van der Waals surface area (Å²) in [7, 11) is -2.42. The summed E-state index contributed by atoms with van der Waals surface area (Å²) in [6, 6.07) is 8.36. The van der Waals surface area contributed by atoms with E-state index in [0.717, 1.165) is 6.07 Å². The summed E-state index contributed by atoms with van der Waals surface area (Å²) < 4.78 is 26.6. The molecule has 0 aliphatic heterocycles. The summed E-state index contributed by atoms with van der Waals surface area (Å²) in [5, 5.41) is 13.6. The number of hydrogen-bond donors (Lipinski definition) is 2. The van der Waals surface area contributed by atoms with Gasteiger partial charge in [-0.15, -0.1) is 0 Å². The fourth-order valence-electron chi connectivity index (χ4n) is 1.66. The largest absolute Gasteiger partial charge is 0.383 e. The van der Waals surface area contributed by atoms with Crippen LogP contribution in [0.15, 0.2) is 47.5 Å². The van der Waals surface area contributed by atoms with E-state index in [-0.39, 0.29) is 22.1 Å². The standard InChI is InChI=1S/C12H12N4O4S/c1-13-10-6-5-9(8-11(10)16(17)18)21(19,20)15-12-4-2-3-7-14-12/h2-8,13H,1H3,(H,14,15). The van der Waals surface area contributed by atoms with Crippen molar-refractivity contribution in [1.82, 2.24) is 4.98 Å². The van der Waals surface area contributed by atoms with E-state index in [0.29, 0.717) is 0 Å². The Kier molecular flexibility index (Phi) is 4.03. The second-order valence-electron chi connectivity index (χ2n) is 4.01. The van der Waals surface area contributed by atoms with E-state index in [1.807, 2.05) is 0 Å². The van der Waals surface area contributed by atoms with Crippen LogP contribution in [0.3, 0.4) is 0 Å². The van der Waals surface area contributed by atoms with Crippen molar-refractivity contribution in [2.45, 2.75) is 4.90 Å². The van der Waals surface area contributed by atoms with Gasteiger partial charge in [0, 0.05) is 19.3 Å². The van der Waals surface area contributed by atoms with Crippen LogP contribution >= 0.6 is 0 Å². The molecule has 9 heteroatoms. The van der Waals surface area contributed by atoms with Gasteiger partial charge in [0.05, 0.1) is 9.82 Å². The lowest BCUT2D eigenvalue weighted by Crippen LogP contribution is -2.14. The second kappa shape index (κ2) is 5.75. The van der Waals surface area contributed by atoms with Crippen LogP contribution in [-0.4, -0.2) is 25.4 Å². The van der Waals surface area contributed by atoms with Crippen LogP contribution in [-0.2, 0) is 10.0 Å². The molecule has 1 aromatic carbocycles. The SMILES string of the molecule is CNc1ccc(S(=O)(=O)Nc2ccccn2)cc1[N+](=O)[O-]. The van der Waals surface area contributed by atoms with Crippen molar-refractivity contribution < 1.29 is 13.3 Å². The van der Waals surface area contributed by atoms with Crippen LogP contribution in [0, 0.1) is 10.1 Å². The maximum atomic E-state index is 12.2. The molecule has 0 saturated heterocycles. The molecule has 0 saturated carbocycles. The Morgan fingerprint density at radius 1 is 1.24 bits per heavy atom. The molecule has 0 fully saturated rings. The molecule has 1 aromatic heterocycles. The van der Waals surface area contributed by atoms with E-state index in [2.05, 4.69) is 15.0 Å². The molecule has 0 amide bonds. The first kappa shape index (κ1) is 14.7. The highest BCUT2D eigenvalue weighted by atomic mass is 32.2. The van der Waals surface area contributed by atoms with Crippen molar-refractivity contribution in [2.24, 2.45) is 0 Å². The van der Waals surface area contributed by atoms with Crippen molar-refractivity contribution in [1.29, 1.82) is 0 Å².